The van der Waals surface area contributed by atoms with Crippen LogP contribution in [0.4, 0.5) is 0 Å². The molecule has 0 N–H and O–H groups in total. The van der Waals surface area contributed by atoms with Gasteiger partial charge in [-0.25, -0.2) is 16.8 Å². The van der Waals surface area contributed by atoms with E-state index in [1.54, 1.807) is 36.4 Å². The molecule has 1 aliphatic rings. The van der Waals surface area contributed by atoms with Crippen molar-refractivity contribution in [3.05, 3.63) is 58.7 Å². The van der Waals surface area contributed by atoms with E-state index in [9.17, 15) is 16.8 Å². The molecule has 2 aromatic carbocycles. The molecule has 1 saturated heterocycles. The van der Waals surface area contributed by atoms with Gasteiger partial charge in [-0.05, 0) is 74.2 Å². The fraction of sp³-hybridized carbons (Fsp3) is 0.400. The molecule has 0 radical (unpaired) electrons. The molecule has 0 spiro atoms. The Labute approximate surface area is 167 Å². The lowest BCUT2D eigenvalue weighted by atomic mass is 10.1. The van der Waals surface area contributed by atoms with Crippen LogP contribution < -0.4 is 0 Å². The largest absolute Gasteiger partial charge is 0.243 e. The van der Waals surface area contributed by atoms with Gasteiger partial charge in [0.2, 0.25) is 20.0 Å². The molecular weight excluding hydrogens is 396 g/mol. The van der Waals surface area contributed by atoms with Gasteiger partial charge in [0.1, 0.15) is 0 Å². The van der Waals surface area contributed by atoms with E-state index in [1.165, 1.54) is 8.61 Å². The summed E-state index contributed by atoms with van der Waals surface area (Å²) < 4.78 is 54.4. The average Bonchev–Trinajstić information content (AvgIpc) is 2.66. The van der Waals surface area contributed by atoms with Crippen LogP contribution >= 0.6 is 0 Å². The molecule has 8 heteroatoms. The van der Waals surface area contributed by atoms with Crippen LogP contribution in [0.25, 0.3) is 0 Å². The summed E-state index contributed by atoms with van der Waals surface area (Å²) >= 11 is 0. The molecule has 1 heterocycles. The number of hydrogen-bond donors (Lipinski definition) is 0. The number of rotatable bonds is 4. The normalized spacial score (nSPS) is 17.0. The third-order valence-electron chi connectivity index (χ3n) is 5.43. The van der Waals surface area contributed by atoms with Crippen molar-refractivity contribution in [2.75, 3.05) is 26.2 Å². The minimum atomic E-state index is -3.64. The summed E-state index contributed by atoms with van der Waals surface area (Å²) in [5.74, 6) is 0. The maximum absolute atomic E-state index is 12.9. The van der Waals surface area contributed by atoms with Gasteiger partial charge in [-0.3, -0.25) is 0 Å². The van der Waals surface area contributed by atoms with Gasteiger partial charge in [-0.2, -0.15) is 8.61 Å². The number of hydrogen-bond acceptors (Lipinski definition) is 4. The number of aryl methyl sites for hydroxylation is 4. The molecule has 1 fully saturated rings. The summed E-state index contributed by atoms with van der Waals surface area (Å²) in [4.78, 5) is 0.502. The molecule has 2 aromatic rings. The van der Waals surface area contributed by atoms with E-state index >= 15 is 0 Å². The molecule has 0 bridgehead atoms. The van der Waals surface area contributed by atoms with E-state index < -0.39 is 20.0 Å². The van der Waals surface area contributed by atoms with Gasteiger partial charge < -0.3 is 0 Å². The number of benzene rings is 2. The van der Waals surface area contributed by atoms with Crippen LogP contribution in [-0.2, 0) is 20.0 Å². The van der Waals surface area contributed by atoms with Crippen molar-refractivity contribution in [3.8, 4) is 0 Å². The minimum absolute atomic E-state index is 0.138. The van der Waals surface area contributed by atoms with Crippen molar-refractivity contribution in [1.82, 2.24) is 8.61 Å². The quantitative estimate of drug-likeness (QED) is 0.759. The molecule has 0 unspecified atom stereocenters. The van der Waals surface area contributed by atoms with Crippen molar-refractivity contribution >= 4 is 20.0 Å². The molecule has 28 heavy (non-hydrogen) atoms. The van der Waals surface area contributed by atoms with Gasteiger partial charge in [0, 0.05) is 26.2 Å². The monoisotopic (exact) mass is 422 g/mol. The predicted octanol–water partition coefficient (Wildman–Crippen LogP) is 2.62. The highest BCUT2D eigenvalue weighted by molar-refractivity contribution is 7.89. The lowest BCUT2D eigenvalue weighted by molar-refractivity contribution is 0.273. The topological polar surface area (TPSA) is 74.8 Å². The first-order valence-corrected chi connectivity index (χ1v) is 12.1. The second-order valence-corrected chi connectivity index (χ2v) is 11.2. The highest BCUT2D eigenvalue weighted by Crippen LogP contribution is 2.24. The summed E-state index contributed by atoms with van der Waals surface area (Å²) in [5, 5.41) is 0. The molecular formula is C20H26N2O4S2. The van der Waals surface area contributed by atoms with Crippen LogP contribution in [0.3, 0.4) is 0 Å². The lowest BCUT2D eigenvalue weighted by Gasteiger charge is -2.33. The van der Waals surface area contributed by atoms with E-state index in [4.69, 9.17) is 0 Å². The van der Waals surface area contributed by atoms with Crippen molar-refractivity contribution in [2.45, 2.75) is 37.5 Å². The van der Waals surface area contributed by atoms with Crippen molar-refractivity contribution < 1.29 is 16.8 Å². The summed E-state index contributed by atoms with van der Waals surface area (Å²) in [6, 6.07) is 10.1. The van der Waals surface area contributed by atoms with Crippen molar-refractivity contribution in [3.63, 3.8) is 0 Å². The first-order valence-electron chi connectivity index (χ1n) is 9.18. The van der Waals surface area contributed by atoms with Gasteiger partial charge >= 0.3 is 0 Å². The smallest absolute Gasteiger partial charge is 0.207 e. The Kier molecular flexibility index (Phi) is 5.69. The third-order valence-corrected chi connectivity index (χ3v) is 9.22. The zero-order chi connectivity index (χ0) is 20.7. The molecule has 0 aromatic heterocycles. The van der Waals surface area contributed by atoms with Crippen LogP contribution in [0.2, 0.25) is 0 Å². The van der Waals surface area contributed by atoms with Crippen LogP contribution in [-0.4, -0.2) is 51.6 Å². The molecule has 0 atom stereocenters. The number of piperazine rings is 1. The molecule has 0 amide bonds. The van der Waals surface area contributed by atoms with E-state index in [-0.39, 0.29) is 36.0 Å². The highest BCUT2D eigenvalue weighted by Gasteiger charge is 2.33. The Hall–Kier alpha value is -1.74. The van der Waals surface area contributed by atoms with Gasteiger partial charge in [-0.1, -0.05) is 12.1 Å². The van der Waals surface area contributed by atoms with Gasteiger partial charge in [0.25, 0.3) is 0 Å². The molecule has 6 nitrogen and oxygen atoms in total. The zero-order valence-corrected chi connectivity index (χ0v) is 18.3. The van der Waals surface area contributed by atoms with Crippen molar-refractivity contribution in [2.24, 2.45) is 0 Å². The van der Waals surface area contributed by atoms with E-state index in [2.05, 4.69) is 0 Å². The van der Waals surface area contributed by atoms with Gasteiger partial charge in [-0.15, -0.1) is 0 Å². The van der Waals surface area contributed by atoms with E-state index in [1.807, 2.05) is 27.7 Å². The fourth-order valence-electron chi connectivity index (χ4n) is 3.20. The van der Waals surface area contributed by atoms with E-state index in [0.717, 1.165) is 22.3 Å². The maximum Gasteiger partial charge on any atom is 0.243 e. The number of nitrogens with zero attached hydrogens (tertiary/aromatic N) is 2. The van der Waals surface area contributed by atoms with Gasteiger partial charge in [0.15, 0.2) is 0 Å². The van der Waals surface area contributed by atoms with Crippen LogP contribution in [0.5, 0.6) is 0 Å². The average molecular weight is 423 g/mol. The SMILES string of the molecule is Cc1ccc(S(=O)(=O)N2CCN(S(=O)(=O)c3ccc(C)c(C)c3)CC2)cc1C. The minimum Gasteiger partial charge on any atom is -0.207 e. The maximum atomic E-state index is 12.9. The Morgan fingerprint density at radius 1 is 0.571 bits per heavy atom. The predicted molar refractivity (Wildman–Crippen MR) is 109 cm³/mol. The second-order valence-electron chi connectivity index (χ2n) is 7.30. The van der Waals surface area contributed by atoms with Crippen LogP contribution in [0.1, 0.15) is 22.3 Å². The molecule has 152 valence electrons. The molecule has 1 aliphatic heterocycles. The Morgan fingerprint density at radius 2 is 0.893 bits per heavy atom. The highest BCUT2D eigenvalue weighted by atomic mass is 32.2. The Bertz CT molecular complexity index is 1010. The molecule has 0 aliphatic carbocycles. The number of sulfonamides is 2. The summed E-state index contributed by atoms with van der Waals surface area (Å²) in [6.45, 7) is 8.17. The zero-order valence-electron chi connectivity index (χ0n) is 16.6. The molecule has 3 rings (SSSR count). The second kappa shape index (κ2) is 7.59. The third kappa shape index (κ3) is 3.87. The summed E-state index contributed by atoms with van der Waals surface area (Å²) in [5.41, 5.74) is 3.89. The lowest BCUT2D eigenvalue weighted by Crippen LogP contribution is -2.50. The van der Waals surface area contributed by atoms with Gasteiger partial charge in [0.05, 0.1) is 9.79 Å². The van der Waals surface area contributed by atoms with Crippen LogP contribution in [0, 0.1) is 27.7 Å². The Balaban J connectivity index is 1.78. The summed E-state index contributed by atoms with van der Waals surface area (Å²) in [7, 11) is -7.27. The first-order chi connectivity index (χ1) is 13.0. The summed E-state index contributed by atoms with van der Waals surface area (Å²) in [6.07, 6.45) is 0. The molecule has 0 saturated carbocycles. The van der Waals surface area contributed by atoms with E-state index in [0.29, 0.717) is 0 Å². The Morgan fingerprint density at radius 3 is 1.18 bits per heavy atom. The standard InChI is InChI=1S/C20H26N2O4S2/c1-15-5-7-19(13-17(15)3)27(23,24)21-9-11-22(12-10-21)28(25,26)20-8-6-16(2)18(4)14-20/h5-8,13-14H,9-12H2,1-4H3. The van der Waals surface area contributed by atoms with Crippen molar-refractivity contribution in [1.29, 1.82) is 0 Å². The fourth-order valence-corrected chi connectivity index (χ4v) is 6.21. The first kappa shape index (κ1) is 21.0. The van der Waals surface area contributed by atoms with Crippen LogP contribution in [0.15, 0.2) is 46.2 Å².